The average Bonchev–Trinajstić information content (AvgIpc) is 3.24. The molecule has 2 aromatic rings. The minimum absolute atomic E-state index is 0.587. The van der Waals surface area contributed by atoms with E-state index in [2.05, 4.69) is 42.9 Å². The number of hydrogen-bond acceptors (Lipinski definition) is 4. The fraction of sp³-hybridized carbons (Fsp3) is 0.286. The molecule has 0 saturated heterocycles. The summed E-state index contributed by atoms with van der Waals surface area (Å²) in [4.78, 5) is 10.8. The standard InChI is InChI=1S/C14H15BrN4/c15-13-7-17-9-18-14(13)19(12-5-6-12)8-10-1-3-11(16)4-2-10/h1-4,7,9,12H,5-6,8,16H2. The molecule has 0 radical (unpaired) electrons. The van der Waals surface area contributed by atoms with Gasteiger partial charge in [0.2, 0.25) is 0 Å². The van der Waals surface area contributed by atoms with Crippen LogP contribution in [-0.2, 0) is 6.54 Å². The molecule has 3 rings (SSSR count). The Hall–Kier alpha value is -1.62. The maximum atomic E-state index is 5.72. The van der Waals surface area contributed by atoms with E-state index in [9.17, 15) is 0 Å². The van der Waals surface area contributed by atoms with Gasteiger partial charge in [0, 0.05) is 24.5 Å². The lowest BCUT2D eigenvalue weighted by molar-refractivity contribution is 0.772. The molecule has 5 heteroatoms. The Morgan fingerprint density at radius 2 is 2.00 bits per heavy atom. The minimum Gasteiger partial charge on any atom is -0.399 e. The second-order valence-electron chi connectivity index (χ2n) is 4.79. The second kappa shape index (κ2) is 5.17. The van der Waals surface area contributed by atoms with Gasteiger partial charge in [0.25, 0.3) is 0 Å². The van der Waals surface area contributed by atoms with Crippen LogP contribution >= 0.6 is 15.9 Å². The Morgan fingerprint density at radius 1 is 1.26 bits per heavy atom. The highest BCUT2D eigenvalue weighted by Crippen LogP contribution is 2.35. The number of rotatable bonds is 4. The third-order valence-corrected chi connectivity index (χ3v) is 3.80. The number of nitrogens with zero attached hydrogens (tertiary/aromatic N) is 3. The summed E-state index contributed by atoms with van der Waals surface area (Å²) in [6.07, 6.45) is 5.84. The van der Waals surface area contributed by atoms with Gasteiger partial charge in [-0.2, -0.15) is 0 Å². The van der Waals surface area contributed by atoms with Crippen molar-refractivity contribution in [2.45, 2.75) is 25.4 Å². The molecular weight excluding hydrogens is 304 g/mol. The number of anilines is 2. The van der Waals surface area contributed by atoms with E-state index in [1.807, 2.05) is 12.1 Å². The van der Waals surface area contributed by atoms with Crippen molar-refractivity contribution in [3.8, 4) is 0 Å². The second-order valence-corrected chi connectivity index (χ2v) is 5.65. The highest BCUT2D eigenvalue weighted by atomic mass is 79.9. The Labute approximate surface area is 120 Å². The van der Waals surface area contributed by atoms with E-state index in [-0.39, 0.29) is 0 Å². The summed E-state index contributed by atoms with van der Waals surface area (Å²) in [5.41, 5.74) is 7.76. The summed E-state index contributed by atoms with van der Waals surface area (Å²) < 4.78 is 0.942. The Kier molecular flexibility index (Phi) is 3.38. The molecule has 1 aromatic carbocycles. The maximum absolute atomic E-state index is 5.72. The van der Waals surface area contributed by atoms with Crippen LogP contribution in [0.3, 0.4) is 0 Å². The number of nitrogens with two attached hydrogens (primary N) is 1. The van der Waals surface area contributed by atoms with Crippen LogP contribution in [0.5, 0.6) is 0 Å². The number of hydrogen-bond donors (Lipinski definition) is 1. The van der Waals surface area contributed by atoms with Crippen LogP contribution in [-0.4, -0.2) is 16.0 Å². The van der Waals surface area contributed by atoms with Crippen LogP contribution in [0.25, 0.3) is 0 Å². The van der Waals surface area contributed by atoms with Crippen molar-refractivity contribution >= 4 is 27.4 Å². The van der Waals surface area contributed by atoms with Gasteiger partial charge >= 0.3 is 0 Å². The molecule has 1 aromatic heterocycles. The fourth-order valence-electron chi connectivity index (χ4n) is 2.10. The third-order valence-electron chi connectivity index (χ3n) is 3.24. The van der Waals surface area contributed by atoms with Crippen LogP contribution in [0.4, 0.5) is 11.5 Å². The molecule has 0 unspecified atom stereocenters. The van der Waals surface area contributed by atoms with E-state index < -0.39 is 0 Å². The quantitative estimate of drug-likeness (QED) is 0.880. The van der Waals surface area contributed by atoms with Crippen LogP contribution in [0, 0.1) is 0 Å². The van der Waals surface area contributed by atoms with E-state index in [1.165, 1.54) is 18.4 Å². The first-order valence-electron chi connectivity index (χ1n) is 6.30. The molecular formula is C14H15BrN4. The third kappa shape index (κ3) is 2.87. The molecule has 1 fully saturated rings. The highest BCUT2D eigenvalue weighted by Gasteiger charge is 2.31. The smallest absolute Gasteiger partial charge is 0.146 e. The molecule has 1 heterocycles. The summed E-state index contributed by atoms with van der Waals surface area (Å²) in [5.74, 6) is 0.967. The Balaban J connectivity index is 1.86. The first-order valence-corrected chi connectivity index (χ1v) is 7.10. The molecule has 0 amide bonds. The van der Waals surface area contributed by atoms with Gasteiger partial charge in [0.1, 0.15) is 12.1 Å². The Bertz CT molecular complexity index is 566. The lowest BCUT2D eigenvalue weighted by atomic mass is 10.2. The van der Waals surface area contributed by atoms with Gasteiger partial charge in [-0.25, -0.2) is 9.97 Å². The topological polar surface area (TPSA) is 55.0 Å². The first kappa shape index (κ1) is 12.4. The number of benzene rings is 1. The monoisotopic (exact) mass is 318 g/mol. The van der Waals surface area contributed by atoms with Crippen LogP contribution in [0.15, 0.2) is 41.3 Å². The lowest BCUT2D eigenvalue weighted by Gasteiger charge is -2.24. The molecule has 0 spiro atoms. The van der Waals surface area contributed by atoms with Gasteiger partial charge < -0.3 is 10.6 Å². The van der Waals surface area contributed by atoms with Crippen molar-refractivity contribution in [3.05, 3.63) is 46.8 Å². The van der Waals surface area contributed by atoms with Crippen molar-refractivity contribution in [2.75, 3.05) is 10.6 Å². The fourth-order valence-corrected chi connectivity index (χ4v) is 2.55. The number of nitrogen functional groups attached to an aromatic ring is 1. The minimum atomic E-state index is 0.587. The van der Waals surface area contributed by atoms with E-state index in [0.29, 0.717) is 6.04 Å². The molecule has 0 aliphatic heterocycles. The Morgan fingerprint density at radius 3 is 2.63 bits per heavy atom. The number of aromatic nitrogens is 2. The summed E-state index contributed by atoms with van der Waals surface area (Å²) in [6.45, 7) is 0.848. The van der Waals surface area contributed by atoms with Crippen LogP contribution in [0.2, 0.25) is 0 Å². The highest BCUT2D eigenvalue weighted by molar-refractivity contribution is 9.10. The molecule has 2 N–H and O–H groups in total. The van der Waals surface area contributed by atoms with E-state index in [1.54, 1.807) is 12.5 Å². The summed E-state index contributed by atoms with van der Waals surface area (Å²) >= 11 is 3.53. The molecule has 19 heavy (non-hydrogen) atoms. The van der Waals surface area contributed by atoms with Gasteiger partial charge in [0.15, 0.2) is 0 Å². The van der Waals surface area contributed by atoms with E-state index in [0.717, 1.165) is 22.5 Å². The van der Waals surface area contributed by atoms with Crippen molar-refractivity contribution in [3.63, 3.8) is 0 Å². The largest absolute Gasteiger partial charge is 0.399 e. The molecule has 0 atom stereocenters. The van der Waals surface area contributed by atoms with Crippen LogP contribution < -0.4 is 10.6 Å². The molecule has 0 bridgehead atoms. The van der Waals surface area contributed by atoms with Crippen molar-refractivity contribution in [2.24, 2.45) is 0 Å². The number of halogens is 1. The zero-order valence-electron chi connectivity index (χ0n) is 10.5. The summed E-state index contributed by atoms with van der Waals surface area (Å²) in [7, 11) is 0. The van der Waals surface area contributed by atoms with E-state index >= 15 is 0 Å². The predicted octanol–water partition coefficient (Wildman–Crippen LogP) is 2.99. The van der Waals surface area contributed by atoms with Gasteiger partial charge in [-0.15, -0.1) is 0 Å². The maximum Gasteiger partial charge on any atom is 0.146 e. The molecule has 1 saturated carbocycles. The molecule has 4 nitrogen and oxygen atoms in total. The van der Waals surface area contributed by atoms with Gasteiger partial charge in [0.05, 0.1) is 4.47 Å². The summed E-state index contributed by atoms with van der Waals surface area (Å²) in [6, 6.07) is 8.61. The summed E-state index contributed by atoms with van der Waals surface area (Å²) in [5, 5.41) is 0. The predicted molar refractivity (Wildman–Crippen MR) is 79.8 cm³/mol. The van der Waals surface area contributed by atoms with Crippen molar-refractivity contribution < 1.29 is 0 Å². The SMILES string of the molecule is Nc1ccc(CN(c2ncncc2Br)C2CC2)cc1. The lowest BCUT2D eigenvalue weighted by Crippen LogP contribution is -2.26. The molecule has 1 aliphatic carbocycles. The zero-order valence-corrected chi connectivity index (χ0v) is 12.0. The molecule has 98 valence electrons. The first-order chi connectivity index (χ1) is 9.24. The van der Waals surface area contributed by atoms with Gasteiger partial charge in [-0.05, 0) is 46.5 Å². The van der Waals surface area contributed by atoms with Gasteiger partial charge in [-0.1, -0.05) is 12.1 Å². The zero-order chi connectivity index (χ0) is 13.2. The molecule has 1 aliphatic rings. The van der Waals surface area contributed by atoms with E-state index in [4.69, 9.17) is 5.73 Å². The van der Waals surface area contributed by atoms with Crippen molar-refractivity contribution in [1.29, 1.82) is 0 Å². The normalized spacial score (nSPS) is 14.4. The van der Waals surface area contributed by atoms with Crippen molar-refractivity contribution in [1.82, 2.24) is 9.97 Å². The average molecular weight is 319 g/mol. The van der Waals surface area contributed by atoms with Gasteiger partial charge in [-0.3, -0.25) is 0 Å². The van der Waals surface area contributed by atoms with Crippen LogP contribution in [0.1, 0.15) is 18.4 Å².